The van der Waals surface area contributed by atoms with Crippen LogP contribution in [0.4, 0.5) is 10.5 Å². The van der Waals surface area contributed by atoms with Gasteiger partial charge >= 0.3 is 12.1 Å². The van der Waals surface area contributed by atoms with E-state index in [1.807, 2.05) is 41.3 Å². The maximum absolute atomic E-state index is 14.3. The van der Waals surface area contributed by atoms with Crippen molar-refractivity contribution in [1.29, 1.82) is 0 Å². The molecule has 1 aromatic heterocycles. The van der Waals surface area contributed by atoms with E-state index in [1.165, 1.54) is 18.3 Å². The molecular weight excluding hydrogens is 611 g/mol. The van der Waals surface area contributed by atoms with E-state index in [0.29, 0.717) is 16.5 Å². The first kappa shape index (κ1) is 36.9. The van der Waals surface area contributed by atoms with Gasteiger partial charge in [-0.15, -0.1) is 36.2 Å². The zero-order valence-electron chi connectivity index (χ0n) is 26.0. The van der Waals surface area contributed by atoms with Gasteiger partial charge in [0.2, 0.25) is 12.2 Å². The number of piperidine rings is 1. The van der Waals surface area contributed by atoms with Crippen molar-refractivity contribution in [1.82, 2.24) is 4.90 Å². The lowest BCUT2D eigenvalue weighted by molar-refractivity contribution is -0.124. The van der Waals surface area contributed by atoms with Gasteiger partial charge < -0.3 is 24.0 Å². The molecule has 4 rings (SSSR count). The Labute approximate surface area is 272 Å². The summed E-state index contributed by atoms with van der Waals surface area (Å²) in [5.41, 5.74) is 0.803. The number of esters is 1. The fraction of sp³-hybridized carbons (Fsp3) is 0.594. The summed E-state index contributed by atoms with van der Waals surface area (Å²) in [5, 5.41) is 0. The van der Waals surface area contributed by atoms with Crippen LogP contribution in [-0.4, -0.2) is 61.0 Å². The second kappa shape index (κ2) is 16.1. The highest BCUT2D eigenvalue weighted by molar-refractivity contribution is 7.18. The van der Waals surface area contributed by atoms with Crippen LogP contribution in [0.15, 0.2) is 36.4 Å². The maximum Gasteiger partial charge on any atom is 0.511 e. The largest absolute Gasteiger partial charge is 0.511 e. The third-order valence-electron chi connectivity index (χ3n) is 7.80. The zero-order chi connectivity index (χ0) is 29.7. The molecule has 11 heteroatoms. The summed E-state index contributed by atoms with van der Waals surface area (Å²) in [6.07, 6.45) is 3.36. The maximum atomic E-state index is 14.3. The first-order valence-electron chi connectivity index (χ1n) is 14.7. The molecule has 0 radical (unpaired) electrons. The van der Waals surface area contributed by atoms with Crippen LogP contribution >= 0.6 is 36.2 Å². The fourth-order valence-electron chi connectivity index (χ4n) is 5.54. The number of benzene rings is 1. The van der Waals surface area contributed by atoms with Crippen LogP contribution in [0.5, 0.6) is 0 Å². The molecular formula is C32H46Cl2N2O6S. The van der Waals surface area contributed by atoms with E-state index >= 15 is 0 Å². The van der Waals surface area contributed by atoms with Gasteiger partial charge in [0.05, 0.1) is 5.69 Å². The molecule has 240 valence electrons. The average Bonchev–Trinajstić information content (AvgIpc) is 3.35. The molecule has 1 aromatic carbocycles. The molecule has 0 N–H and O–H groups in total. The molecule has 43 heavy (non-hydrogen) atoms. The van der Waals surface area contributed by atoms with Crippen molar-refractivity contribution in [3.05, 3.63) is 41.3 Å². The highest BCUT2D eigenvalue weighted by Crippen LogP contribution is 2.41. The Morgan fingerprint density at radius 3 is 2.14 bits per heavy atom. The number of halogens is 2. The monoisotopic (exact) mass is 656 g/mol. The molecule has 8 nitrogen and oxygen atoms in total. The van der Waals surface area contributed by atoms with Gasteiger partial charge in [-0.3, -0.25) is 4.79 Å². The molecule has 1 aliphatic heterocycles. The van der Waals surface area contributed by atoms with Gasteiger partial charge in [-0.2, -0.15) is 0 Å². The SMILES string of the molecule is CC1CCC(C(=O)N(c2cc(-c3ccccc3)sc2C(=O)OC(C)OC(=O)OC(C)(C)C)C2CCN(C)CC2)CC1.Cl.Cl. The van der Waals surface area contributed by atoms with Crippen LogP contribution in [0.1, 0.15) is 82.8 Å². The predicted molar refractivity (Wildman–Crippen MR) is 176 cm³/mol. The summed E-state index contributed by atoms with van der Waals surface area (Å²) in [4.78, 5) is 45.5. The Morgan fingerprint density at radius 1 is 0.953 bits per heavy atom. The normalized spacial score (nSPS) is 20.1. The van der Waals surface area contributed by atoms with E-state index in [2.05, 4.69) is 18.9 Å². The van der Waals surface area contributed by atoms with E-state index in [9.17, 15) is 14.4 Å². The first-order chi connectivity index (χ1) is 19.4. The van der Waals surface area contributed by atoms with Crippen LogP contribution in [0.25, 0.3) is 10.4 Å². The number of likely N-dealkylation sites (tertiary alicyclic amines) is 1. The summed E-state index contributed by atoms with van der Waals surface area (Å²) >= 11 is 1.30. The van der Waals surface area contributed by atoms with E-state index in [1.54, 1.807) is 20.8 Å². The van der Waals surface area contributed by atoms with Gasteiger partial charge in [0.15, 0.2) is 0 Å². The van der Waals surface area contributed by atoms with E-state index in [0.717, 1.165) is 62.1 Å². The summed E-state index contributed by atoms with van der Waals surface area (Å²) in [7, 11) is 2.10. The lowest BCUT2D eigenvalue weighted by Crippen LogP contribution is -2.49. The van der Waals surface area contributed by atoms with Gasteiger partial charge in [0, 0.05) is 23.8 Å². The number of carbonyl (C=O) groups is 3. The summed E-state index contributed by atoms with van der Waals surface area (Å²) in [6.45, 7) is 10.7. The Kier molecular flexibility index (Phi) is 13.8. The fourth-order valence-corrected chi connectivity index (χ4v) is 6.58. The first-order valence-corrected chi connectivity index (χ1v) is 15.5. The molecule has 0 spiro atoms. The smallest absolute Gasteiger partial charge is 0.428 e. The quantitative estimate of drug-likeness (QED) is 0.221. The predicted octanol–water partition coefficient (Wildman–Crippen LogP) is 7.97. The molecule has 1 amide bonds. The lowest BCUT2D eigenvalue weighted by Gasteiger charge is -2.40. The standard InChI is InChI=1S/C32H44N2O6S.2ClH/c1-21-12-14-24(15-13-21)29(35)34(25-16-18-33(6)19-17-25)26-20-27(23-10-8-7-9-11-23)41-28(26)30(36)38-22(2)39-31(37)40-32(3,4)5;;/h7-11,20-22,24-25H,12-19H2,1-6H3;2*1H. The van der Waals surface area contributed by atoms with Gasteiger partial charge in [-0.1, -0.05) is 37.3 Å². The Bertz CT molecular complexity index is 1200. The van der Waals surface area contributed by atoms with Gasteiger partial charge in [0.1, 0.15) is 10.5 Å². The van der Waals surface area contributed by atoms with E-state index in [4.69, 9.17) is 14.2 Å². The number of hydrogen-bond acceptors (Lipinski definition) is 8. The Morgan fingerprint density at radius 2 is 1.56 bits per heavy atom. The zero-order valence-corrected chi connectivity index (χ0v) is 28.4. The molecule has 0 bridgehead atoms. The Hall–Kier alpha value is -2.33. The van der Waals surface area contributed by atoms with Crippen LogP contribution in [0.3, 0.4) is 0 Å². The van der Waals surface area contributed by atoms with Crippen molar-refractivity contribution in [3.63, 3.8) is 0 Å². The van der Waals surface area contributed by atoms with Gasteiger partial charge in [-0.25, -0.2) is 9.59 Å². The highest BCUT2D eigenvalue weighted by Gasteiger charge is 2.37. The minimum Gasteiger partial charge on any atom is -0.428 e. The molecule has 2 aliphatic rings. The van der Waals surface area contributed by atoms with Crippen molar-refractivity contribution in [2.45, 2.75) is 91.1 Å². The van der Waals surface area contributed by atoms with Crippen molar-refractivity contribution in [2.24, 2.45) is 11.8 Å². The second-order valence-electron chi connectivity index (χ2n) is 12.4. The molecule has 1 saturated carbocycles. The molecule has 1 unspecified atom stereocenters. The lowest BCUT2D eigenvalue weighted by atomic mass is 9.82. The molecule has 2 fully saturated rings. The number of amides is 1. The van der Waals surface area contributed by atoms with Gasteiger partial charge in [0.25, 0.3) is 0 Å². The van der Waals surface area contributed by atoms with Gasteiger partial charge in [-0.05, 0) is 97.0 Å². The van der Waals surface area contributed by atoms with Crippen LogP contribution in [0.2, 0.25) is 0 Å². The number of nitrogens with zero attached hydrogens (tertiary/aromatic N) is 2. The minimum atomic E-state index is -1.17. The second-order valence-corrected chi connectivity index (χ2v) is 13.5. The highest BCUT2D eigenvalue weighted by atomic mass is 35.5. The molecule has 1 saturated heterocycles. The number of rotatable bonds is 7. The van der Waals surface area contributed by atoms with Crippen molar-refractivity contribution in [3.8, 4) is 10.4 Å². The molecule has 1 atom stereocenters. The van der Waals surface area contributed by atoms with Crippen LogP contribution < -0.4 is 4.90 Å². The van der Waals surface area contributed by atoms with Crippen LogP contribution in [-0.2, 0) is 19.0 Å². The van der Waals surface area contributed by atoms with Crippen LogP contribution in [0, 0.1) is 11.8 Å². The number of carbonyl (C=O) groups excluding carboxylic acids is 3. The minimum absolute atomic E-state index is 0. The summed E-state index contributed by atoms with van der Waals surface area (Å²) in [5.74, 6) is 0.0186. The molecule has 2 heterocycles. The third kappa shape index (κ3) is 10.1. The summed E-state index contributed by atoms with van der Waals surface area (Å²) in [6, 6.07) is 11.8. The molecule has 1 aliphatic carbocycles. The number of ether oxygens (including phenoxy) is 3. The Balaban J connectivity index is 0.00000323. The third-order valence-corrected chi connectivity index (χ3v) is 8.95. The molecule has 2 aromatic rings. The van der Waals surface area contributed by atoms with Crippen molar-refractivity contribution >= 4 is 59.9 Å². The number of thiophene rings is 1. The van der Waals surface area contributed by atoms with Crippen molar-refractivity contribution < 1.29 is 28.6 Å². The topological polar surface area (TPSA) is 85.4 Å². The van der Waals surface area contributed by atoms with E-state index in [-0.39, 0.29) is 42.7 Å². The number of hydrogen-bond donors (Lipinski definition) is 0. The van der Waals surface area contributed by atoms with E-state index < -0.39 is 24.0 Å². The number of anilines is 1. The summed E-state index contributed by atoms with van der Waals surface area (Å²) < 4.78 is 16.0. The average molecular weight is 658 g/mol. The van der Waals surface area contributed by atoms with Crippen molar-refractivity contribution in [2.75, 3.05) is 25.0 Å².